The minimum Gasteiger partial charge on any atom is -0.465 e. The molecule has 0 saturated heterocycles. The highest BCUT2D eigenvalue weighted by atomic mass is 16.3. The Hall–Kier alpha value is -3.47. The van der Waals surface area contributed by atoms with E-state index < -0.39 is 0 Å². The first-order chi connectivity index (χ1) is 13.2. The number of nitrogens with two attached hydrogens (primary N) is 1. The van der Waals surface area contributed by atoms with Crippen molar-refractivity contribution in [3.8, 4) is 0 Å². The zero-order valence-electron chi connectivity index (χ0n) is 15.2. The second-order valence-corrected chi connectivity index (χ2v) is 6.53. The minimum atomic E-state index is 0.572. The average molecular weight is 358 g/mol. The van der Waals surface area contributed by atoms with Crippen LogP contribution in [-0.4, -0.2) is 4.98 Å². The molecule has 2 heterocycles. The number of anilines is 3. The summed E-state index contributed by atoms with van der Waals surface area (Å²) in [4.78, 5) is 4.66. The Morgan fingerprint density at radius 3 is 2.56 bits per heavy atom. The Morgan fingerprint density at radius 1 is 0.926 bits per heavy atom. The van der Waals surface area contributed by atoms with E-state index in [9.17, 15) is 0 Å². The molecule has 0 bridgehead atoms. The van der Waals surface area contributed by atoms with Crippen molar-refractivity contribution in [1.82, 2.24) is 4.98 Å². The number of hydrogen-bond donors (Lipinski definition) is 3. The van der Waals surface area contributed by atoms with Gasteiger partial charge in [0.25, 0.3) is 0 Å². The van der Waals surface area contributed by atoms with Gasteiger partial charge in [0, 0.05) is 29.4 Å². The summed E-state index contributed by atoms with van der Waals surface area (Å²) in [5.74, 6) is 2.50. The highest BCUT2D eigenvalue weighted by molar-refractivity contribution is 5.94. The fourth-order valence-corrected chi connectivity index (χ4v) is 3.01. The van der Waals surface area contributed by atoms with Crippen LogP contribution in [0.5, 0.6) is 0 Å². The van der Waals surface area contributed by atoms with E-state index in [1.165, 1.54) is 5.56 Å². The van der Waals surface area contributed by atoms with E-state index >= 15 is 0 Å². The molecule has 2 aromatic carbocycles. The Kier molecular flexibility index (Phi) is 4.66. The maximum Gasteiger partial charge on any atom is 0.129 e. The monoisotopic (exact) mass is 358 g/mol. The lowest BCUT2D eigenvalue weighted by molar-refractivity contribution is 0.490. The van der Waals surface area contributed by atoms with Crippen molar-refractivity contribution in [3.63, 3.8) is 0 Å². The molecule has 0 aliphatic carbocycles. The number of benzene rings is 2. The lowest BCUT2D eigenvalue weighted by Crippen LogP contribution is -2.03. The van der Waals surface area contributed by atoms with Crippen molar-refractivity contribution in [2.24, 2.45) is 0 Å². The highest BCUT2D eigenvalue weighted by Gasteiger charge is 2.06. The number of pyridine rings is 1. The molecule has 0 atom stereocenters. The lowest BCUT2D eigenvalue weighted by atomic mass is 10.1. The first kappa shape index (κ1) is 17.0. The van der Waals surface area contributed by atoms with Gasteiger partial charge in [-0.3, -0.25) is 0 Å². The van der Waals surface area contributed by atoms with Gasteiger partial charge in [-0.1, -0.05) is 30.3 Å². The summed E-state index contributed by atoms with van der Waals surface area (Å²) in [6, 6.07) is 22.1. The lowest BCUT2D eigenvalue weighted by Gasteiger charge is -2.11. The van der Waals surface area contributed by atoms with Gasteiger partial charge in [-0.15, -0.1) is 0 Å². The summed E-state index contributed by atoms with van der Waals surface area (Å²) >= 11 is 0. The normalized spacial score (nSPS) is 10.9. The molecule has 136 valence electrons. The molecule has 0 saturated carbocycles. The molecule has 5 nitrogen and oxygen atoms in total. The molecule has 0 unspecified atom stereocenters. The first-order valence-corrected chi connectivity index (χ1v) is 8.95. The quantitative estimate of drug-likeness (QED) is 0.455. The van der Waals surface area contributed by atoms with Crippen LogP contribution in [0.4, 0.5) is 17.2 Å². The molecule has 27 heavy (non-hydrogen) atoms. The predicted octanol–water partition coefficient (Wildman–Crippen LogP) is 4.94. The summed E-state index contributed by atoms with van der Waals surface area (Å²) in [6.45, 7) is 3.27. The number of aromatic nitrogens is 1. The Labute approximate surface area is 158 Å². The SMILES string of the molecule is Cc1ccc(CNc2cc(N)c3cc(NCc4ccccc4)ccc3n2)o1. The van der Waals surface area contributed by atoms with Crippen molar-refractivity contribution >= 4 is 28.1 Å². The first-order valence-electron chi connectivity index (χ1n) is 8.95. The van der Waals surface area contributed by atoms with E-state index in [4.69, 9.17) is 10.2 Å². The number of nitrogen functional groups attached to an aromatic ring is 1. The predicted molar refractivity (Wildman–Crippen MR) is 111 cm³/mol. The van der Waals surface area contributed by atoms with E-state index in [-0.39, 0.29) is 0 Å². The van der Waals surface area contributed by atoms with Gasteiger partial charge >= 0.3 is 0 Å². The third-order valence-electron chi connectivity index (χ3n) is 4.42. The van der Waals surface area contributed by atoms with Crippen molar-refractivity contribution in [2.75, 3.05) is 16.4 Å². The number of nitrogens with one attached hydrogen (secondary N) is 2. The highest BCUT2D eigenvalue weighted by Crippen LogP contribution is 2.26. The summed E-state index contributed by atoms with van der Waals surface area (Å²) in [5, 5.41) is 7.64. The number of rotatable bonds is 6. The largest absolute Gasteiger partial charge is 0.465 e. The van der Waals surface area contributed by atoms with Crippen LogP contribution in [0.1, 0.15) is 17.1 Å². The van der Waals surface area contributed by atoms with Gasteiger partial charge in [0.2, 0.25) is 0 Å². The fraction of sp³-hybridized carbons (Fsp3) is 0.136. The molecule has 0 aliphatic heterocycles. The molecule has 2 aromatic heterocycles. The Morgan fingerprint density at radius 2 is 1.78 bits per heavy atom. The molecule has 0 spiro atoms. The molecule has 4 aromatic rings. The van der Waals surface area contributed by atoms with Gasteiger partial charge in [-0.2, -0.15) is 0 Å². The fourth-order valence-electron chi connectivity index (χ4n) is 3.01. The zero-order valence-corrected chi connectivity index (χ0v) is 15.2. The van der Waals surface area contributed by atoms with Crippen molar-refractivity contribution in [3.05, 3.63) is 83.8 Å². The van der Waals surface area contributed by atoms with Crippen LogP contribution in [0.25, 0.3) is 10.9 Å². The van der Waals surface area contributed by atoms with Crippen molar-refractivity contribution in [1.29, 1.82) is 0 Å². The third-order valence-corrected chi connectivity index (χ3v) is 4.42. The van der Waals surface area contributed by atoms with Gasteiger partial charge in [0.1, 0.15) is 17.3 Å². The van der Waals surface area contributed by atoms with E-state index in [0.717, 1.165) is 40.5 Å². The molecule has 0 fully saturated rings. The Balaban J connectivity index is 1.49. The Bertz CT molecular complexity index is 1060. The number of hydrogen-bond acceptors (Lipinski definition) is 5. The standard InChI is InChI=1S/C22H22N4O/c1-15-7-9-18(27-15)14-25-22-12-20(23)19-11-17(8-10-21(19)26-22)24-13-16-5-3-2-4-6-16/h2-12,24H,13-14H2,1H3,(H3,23,25,26). The zero-order chi connectivity index (χ0) is 18.6. The number of aryl methyl sites for hydroxylation is 1. The molecule has 0 radical (unpaired) electrons. The van der Waals surface area contributed by atoms with E-state index in [2.05, 4.69) is 27.8 Å². The van der Waals surface area contributed by atoms with Gasteiger partial charge < -0.3 is 20.8 Å². The van der Waals surface area contributed by atoms with E-state index in [1.54, 1.807) is 0 Å². The van der Waals surface area contributed by atoms with Gasteiger partial charge in [-0.25, -0.2) is 4.98 Å². The molecule has 0 aliphatic rings. The molecule has 0 amide bonds. The van der Waals surface area contributed by atoms with Gasteiger partial charge in [0.05, 0.1) is 12.1 Å². The average Bonchev–Trinajstić information content (AvgIpc) is 3.11. The van der Waals surface area contributed by atoms with E-state index in [0.29, 0.717) is 12.2 Å². The number of furan rings is 1. The molecule has 4 N–H and O–H groups in total. The van der Waals surface area contributed by atoms with Crippen LogP contribution in [0, 0.1) is 6.92 Å². The maximum absolute atomic E-state index is 6.28. The minimum absolute atomic E-state index is 0.572. The maximum atomic E-state index is 6.28. The van der Waals surface area contributed by atoms with Crippen LogP contribution < -0.4 is 16.4 Å². The van der Waals surface area contributed by atoms with Crippen molar-refractivity contribution in [2.45, 2.75) is 20.0 Å². The van der Waals surface area contributed by atoms with Gasteiger partial charge in [-0.05, 0) is 42.8 Å². The second-order valence-electron chi connectivity index (χ2n) is 6.53. The molecular weight excluding hydrogens is 336 g/mol. The molecule has 5 heteroatoms. The van der Waals surface area contributed by atoms with Crippen LogP contribution in [-0.2, 0) is 13.1 Å². The van der Waals surface area contributed by atoms with Crippen LogP contribution in [0.15, 0.2) is 71.1 Å². The number of fused-ring (bicyclic) bond motifs is 1. The topological polar surface area (TPSA) is 76.1 Å². The van der Waals surface area contributed by atoms with Crippen molar-refractivity contribution < 1.29 is 4.42 Å². The van der Waals surface area contributed by atoms with E-state index in [1.807, 2.05) is 61.5 Å². The molecular formula is C22H22N4O. The second kappa shape index (κ2) is 7.41. The summed E-state index contributed by atoms with van der Waals surface area (Å²) in [6.07, 6.45) is 0. The molecule has 4 rings (SSSR count). The summed E-state index contributed by atoms with van der Waals surface area (Å²) in [7, 11) is 0. The summed E-state index contributed by atoms with van der Waals surface area (Å²) in [5.41, 5.74) is 10.1. The summed E-state index contributed by atoms with van der Waals surface area (Å²) < 4.78 is 5.57. The third kappa shape index (κ3) is 4.03. The van der Waals surface area contributed by atoms with Crippen LogP contribution in [0.2, 0.25) is 0 Å². The van der Waals surface area contributed by atoms with Gasteiger partial charge in [0.15, 0.2) is 0 Å². The van der Waals surface area contributed by atoms with Crippen LogP contribution in [0.3, 0.4) is 0 Å². The number of nitrogens with zero attached hydrogens (tertiary/aromatic N) is 1. The smallest absolute Gasteiger partial charge is 0.129 e. The van der Waals surface area contributed by atoms with Crippen LogP contribution >= 0.6 is 0 Å².